The molecule has 0 radical (unpaired) electrons. The van der Waals surface area contributed by atoms with Crippen LogP contribution in [0.5, 0.6) is 0 Å². The quantitative estimate of drug-likeness (QED) is 0.447. The van der Waals surface area contributed by atoms with E-state index in [1.54, 1.807) is 35.9 Å². The first-order valence-corrected chi connectivity index (χ1v) is 12.1. The van der Waals surface area contributed by atoms with Crippen LogP contribution in [0.25, 0.3) is 21.5 Å². The Hall–Kier alpha value is -3.50. The van der Waals surface area contributed by atoms with Crippen molar-refractivity contribution in [2.75, 3.05) is 24.2 Å². The van der Waals surface area contributed by atoms with E-state index in [4.69, 9.17) is 0 Å². The van der Waals surface area contributed by atoms with Gasteiger partial charge in [-0.2, -0.15) is 0 Å². The lowest BCUT2D eigenvalue weighted by molar-refractivity contribution is 0.102. The van der Waals surface area contributed by atoms with Gasteiger partial charge in [-0.1, -0.05) is 11.3 Å². The zero-order valence-electron chi connectivity index (χ0n) is 19.3. The molecule has 10 heteroatoms. The number of carbonyl (C=O) groups excluding carboxylic acids is 1. The molecule has 1 aromatic carbocycles. The number of hydrogen-bond donors (Lipinski definition) is 2. The van der Waals surface area contributed by atoms with E-state index >= 15 is 0 Å². The van der Waals surface area contributed by atoms with Gasteiger partial charge in [-0.3, -0.25) is 9.78 Å². The monoisotopic (exact) mass is 474 g/mol. The smallest absolute Gasteiger partial charge is 0.257 e. The average Bonchev–Trinajstić information content (AvgIpc) is 3.29. The van der Waals surface area contributed by atoms with E-state index < -0.39 is 0 Å². The number of hydrogen-bond acceptors (Lipinski definition) is 9. The largest absolute Gasteiger partial charge is 0.379 e. The summed E-state index contributed by atoms with van der Waals surface area (Å²) in [5.41, 5.74) is 2.98. The summed E-state index contributed by atoms with van der Waals surface area (Å²) >= 11 is 1.54. The minimum atomic E-state index is -0.258. The molecular formula is C24H26N8OS. The number of pyridine rings is 1. The maximum Gasteiger partial charge on any atom is 0.257 e. The van der Waals surface area contributed by atoms with E-state index in [1.807, 2.05) is 25.1 Å². The third-order valence-corrected chi connectivity index (χ3v) is 7.15. The van der Waals surface area contributed by atoms with Crippen molar-refractivity contribution in [3.05, 3.63) is 53.3 Å². The van der Waals surface area contributed by atoms with Gasteiger partial charge in [0.25, 0.3) is 5.91 Å². The number of aryl methyl sites for hydroxylation is 1. The molecule has 174 valence electrons. The van der Waals surface area contributed by atoms with E-state index in [0.717, 1.165) is 51.6 Å². The van der Waals surface area contributed by atoms with Gasteiger partial charge < -0.3 is 15.5 Å². The summed E-state index contributed by atoms with van der Waals surface area (Å²) in [6, 6.07) is 10.0. The van der Waals surface area contributed by atoms with Crippen molar-refractivity contribution < 1.29 is 4.79 Å². The standard InChI is InChI=1S/C24H26N8OS/c1-14-12-18(8-11-32(14)3)26-21-19-13-17(24-31-28-15(2)34-24)4-5-20(19)29-30-22(21)27-23(33)16-6-9-25-10-7-16/h4-7,9-10,13-14,18H,8,11-12H2,1-3H3,(H,26,29)(H,27,30,33). The first kappa shape index (κ1) is 22.3. The number of likely N-dealkylation sites (tertiary alicyclic amines) is 1. The highest BCUT2D eigenvalue weighted by atomic mass is 32.1. The summed E-state index contributed by atoms with van der Waals surface area (Å²) < 4.78 is 0. The first-order chi connectivity index (χ1) is 16.5. The molecule has 1 aliphatic rings. The van der Waals surface area contributed by atoms with Gasteiger partial charge in [0.1, 0.15) is 10.0 Å². The fraction of sp³-hybridized carbons (Fsp3) is 0.333. The highest BCUT2D eigenvalue weighted by Gasteiger charge is 2.25. The molecule has 2 unspecified atom stereocenters. The first-order valence-electron chi connectivity index (χ1n) is 11.3. The second kappa shape index (κ2) is 9.40. The zero-order valence-corrected chi connectivity index (χ0v) is 20.1. The molecule has 1 aliphatic heterocycles. The Morgan fingerprint density at radius 3 is 2.68 bits per heavy atom. The van der Waals surface area contributed by atoms with Gasteiger partial charge in [0.2, 0.25) is 0 Å². The average molecular weight is 475 g/mol. The molecule has 5 rings (SSSR count). The summed E-state index contributed by atoms with van der Waals surface area (Å²) in [5, 5.41) is 26.5. The van der Waals surface area contributed by atoms with Crippen molar-refractivity contribution in [3.8, 4) is 10.6 Å². The summed E-state index contributed by atoms with van der Waals surface area (Å²) in [6.45, 7) is 5.18. The molecule has 0 aliphatic carbocycles. The van der Waals surface area contributed by atoms with Gasteiger partial charge in [-0.05, 0) is 64.1 Å². The number of amides is 1. The van der Waals surface area contributed by atoms with Gasteiger partial charge in [-0.15, -0.1) is 20.4 Å². The Labute approximate surface area is 201 Å². The second-order valence-electron chi connectivity index (χ2n) is 8.67. The van der Waals surface area contributed by atoms with Gasteiger partial charge in [-0.25, -0.2) is 0 Å². The van der Waals surface area contributed by atoms with E-state index in [2.05, 4.69) is 54.9 Å². The van der Waals surface area contributed by atoms with Gasteiger partial charge in [0, 0.05) is 47.5 Å². The van der Waals surface area contributed by atoms with Gasteiger partial charge >= 0.3 is 0 Å². The molecule has 4 heterocycles. The molecule has 9 nitrogen and oxygen atoms in total. The Kier molecular flexibility index (Phi) is 6.16. The van der Waals surface area contributed by atoms with Gasteiger partial charge in [0.15, 0.2) is 5.82 Å². The van der Waals surface area contributed by atoms with Crippen LogP contribution in [0.2, 0.25) is 0 Å². The molecule has 3 aromatic heterocycles. The number of carbonyl (C=O) groups is 1. The minimum Gasteiger partial charge on any atom is -0.379 e. The highest BCUT2D eigenvalue weighted by Crippen LogP contribution is 2.34. The normalized spacial score (nSPS) is 18.7. The highest BCUT2D eigenvalue weighted by molar-refractivity contribution is 7.14. The molecule has 2 atom stereocenters. The number of benzene rings is 1. The number of aromatic nitrogens is 5. The van der Waals surface area contributed by atoms with Crippen LogP contribution >= 0.6 is 11.3 Å². The number of rotatable bonds is 5. The van der Waals surface area contributed by atoms with Crippen molar-refractivity contribution >= 4 is 39.7 Å². The van der Waals surface area contributed by atoms with Crippen molar-refractivity contribution in [2.45, 2.75) is 38.8 Å². The van der Waals surface area contributed by atoms with Crippen molar-refractivity contribution in [1.29, 1.82) is 0 Å². The van der Waals surface area contributed by atoms with Crippen molar-refractivity contribution in [1.82, 2.24) is 30.3 Å². The third-order valence-electron chi connectivity index (χ3n) is 6.26. The number of fused-ring (bicyclic) bond motifs is 1. The van der Waals surface area contributed by atoms with Crippen LogP contribution < -0.4 is 10.6 Å². The topological polar surface area (TPSA) is 109 Å². The number of piperidine rings is 1. The fourth-order valence-electron chi connectivity index (χ4n) is 4.19. The number of nitrogens with zero attached hydrogens (tertiary/aromatic N) is 6. The zero-order chi connectivity index (χ0) is 23.7. The SMILES string of the molecule is Cc1nnc(-c2ccc3nnc(NC(=O)c4ccncc4)c(NC4CCN(C)C(C)C4)c3c2)s1. The van der Waals surface area contributed by atoms with Crippen LogP contribution in [-0.2, 0) is 0 Å². The van der Waals surface area contributed by atoms with Crippen LogP contribution in [0, 0.1) is 6.92 Å². The lowest BCUT2D eigenvalue weighted by atomic mass is 9.98. The summed E-state index contributed by atoms with van der Waals surface area (Å²) in [4.78, 5) is 19.3. The summed E-state index contributed by atoms with van der Waals surface area (Å²) in [6.07, 6.45) is 5.18. The molecule has 0 bridgehead atoms. The molecule has 2 N–H and O–H groups in total. The van der Waals surface area contributed by atoms with Crippen molar-refractivity contribution in [3.63, 3.8) is 0 Å². The predicted octanol–water partition coefficient (Wildman–Crippen LogP) is 4.00. The fourth-order valence-corrected chi connectivity index (χ4v) is 4.88. The number of nitrogens with one attached hydrogen (secondary N) is 2. The molecular weight excluding hydrogens is 448 g/mol. The lowest BCUT2D eigenvalue weighted by Crippen LogP contribution is -2.42. The molecule has 1 amide bonds. The van der Waals surface area contributed by atoms with Crippen LogP contribution in [-0.4, -0.2) is 61.9 Å². The van der Waals surface area contributed by atoms with Crippen LogP contribution in [0.1, 0.15) is 35.1 Å². The summed E-state index contributed by atoms with van der Waals surface area (Å²) in [7, 11) is 2.15. The molecule has 0 spiro atoms. The lowest BCUT2D eigenvalue weighted by Gasteiger charge is -2.36. The van der Waals surface area contributed by atoms with E-state index in [9.17, 15) is 4.79 Å². The van der Waals surface area contributed by atoms with Crippen LogP contribution in [0.3, 0.4) is 0 Å². The maximum absolute atomic E-state index is 12.9. The Balaban J connectivity index is 1.56. The third kappa shape index (κ3) is 4.59. The van der Waals surface area contributed by atoms with Gasteiger partial charge in [0.05, 0.1) is 11.2 Å². The summed E-state index contributed by atoms with van der Waals surface area (Å²) in [5.74, 6) is 0.151. The van der Waals surface area contributed by atoms with E-state index in [-0.39, 0.29) is 11.9 Å². The van der Waals surface area contributed by atoms with Crippen LogP contribution in [0.4, 0.5) is 11.5 Å². The predicted molar refractivity (Wildman–Crippen MR) is 134 cm³/mol. The van der Waals surface area contributed by atoms with E-state index in [1.165, 1.54) is 0 Å². The Morgan fingerprint density at radius 2 is 1.94 bits per heavy atom. The molecule has 1 fully saturated rings. The number of anilines is 2. The molecule has 4 aromatic rings. The molecule has 0 saturated carbocycles. The molecule has 1 saturated heterocycles. The van der Waals surface area contributed by atoms with Crippen LogP contribution in [0.15, 0.2) is 42.7 Å². The minimum absolute atomic E-state index is 0.252. The maximum atomic E-state index is 12.9. The Morgan fingerprint density at radius 1 is 1.12 bits per heavy atom. The van der Waals surface area contributed by atoms with Crippen molar-refractivity contribution in [2.24, 2.45) is 0 Å². The Bertz CT molecular complexity index is 1330. The molecule has 34 heavy (non-hydrogen) atoms. The second-order valence-corrected chi connectivity index (χ2v) is 9.85. The van der Waals surface area contributed by atoms with E-state index in [0.29, 0.717) is 17.4 Å².